The van der Waals surface area contributed by atoms with E-state index in [0.29, 0.717) is 19.4 Å². The zero-order valence-corrected chi connectivity index (χ0v) is 33.1. The molecular weight excluding hydrogens is 610 g/mol. The monoisotopic (exact) mass is 694 g/mol. The van der Waals surface area contributed by atoms with Crippen molar-refractivity contribution in [1.82, 2.24) is 4.90 Å². The second kappa shape index (κ2) is 39.2. The molecule has 0 fully saturated rings. The Morgan fingerprint density at radius 1 is 0.469 bits per heavy atom. The van der Waals surface area contributed by atoms with Crippen LogP contribution in [0, 0.1) is 0 Å². The van der Waals surface area contributed by atoms with Crippen LogP contribution in [0.4, 0.5) is 0 Å². The molecular formula is C43H83NO5. The van der Waals surface area contributed by atoms with Crippen LogP contribution in [0.25, 0.3) is 0 Å². The number of hydrogen-bond donors (Lipinski definition) is 0. The fourth-order valence-electron chi connectivity index (χ4n) is 6.58. The van der Waals surface area contributed by atoms with Crippen LogP contribution in [0.3, 0.4) is 0 Å². The van der Waals surface area contributed by atoms with Crippen molar-refractivity contribution in [2.24, 2.45) is 0 Å². The van der Waals surface area contributed by atoms with Crippen molar-refractivity contribution in [3.63, 3.8) is 0 Å². The van der Waals surface area contributed by atoms with Crippen molar-refractivity contribution in [2.75, 3.05) is 19.7 Å². The van der Waals surface area contributed by atoms with Gasteiger partial charge in [-0.15, -0.1) is 0 Å². The Bertz CT molecular complexity index is 698. The van der Waals surface area contributed by atoms with Crippen LogP contribution in [-0.2, 0) is 23.9 Å². The lowest BCUT2D eigenvalue weighted by atomic mass is 10.0. The minimum atomic E-state index is -0.0516. The Kier molecular flexibility index (Phi) is 37.9. The molecule has 0 rings (SSSR count). The molecule has 49 heavy (non-hydrogen) atoms. The fourth-order valence-corrected chi connectivity index (χ4v) is 6.58. The summed E-state index contributed by atoms with van der Waals surface area (Å²) in [5, 5.41) is 0. The van der Waals surface area contributed by atoms with Crippen molar-refractivity contribution in [1.29, 1.82) is 0 Å². The zero-order valence-electron chi connectivity index (χ0n) is 33.1. The first kappa shape index (κ1) is 47.4. The highest BCUT2D eigenvalue weighted by Gasteiger charge is 2.14. The summed E-state index contributed by atoms with van der Waals surface area (Å²) in [5.41, 5.74) is 0. The standard InChI is InChI=1S/C43H83NO5/c1-4-7-10-13-16-25-32-39-48-42(46)35-28-21-17-23-30-37-44(40-45)38-31-24-18-22-29-36-43(47)49-41(33-26-19-14-11-8-5-2)34-27-20-15-12-9-6-3/h40-41H,4-39H2,1-3H3. The van der Waals surface area contributed by atoms with Crippen LogP contribution in [0.2, 0.25) is 0 Å². The van der Waals surface area contributed by atoms with Gasteiger partial charge in [-0.2, -0.15) is 0 Å². The van der Waals surface area contributed by atoms with Crippen molar-refractivity contribution in [3.8, 4) is 0 Å². The Morgan fingerprint density at radius 2 is 0.837 bits per heavy atom. The number of unbranched alkanes of at least 4 members (excludes halogenated alkanes) is 24. The molecule has 0 unspecified atom stereocenters. The highest BCUT2D eigenvalue weighted by atomic mass is 16.5. The zero-order chi connectivity index (χ0) is 35.9. The van der Waals surface area contributed by atoms with E-state index >= 15 is 0 Å². The van der Waals surface area contributed by atoms with Crippen LogP contribution < -0.4 is 0 Å². The van der Waals surface area contributed by atoms with Gasteiger partial charge in [0, 0.05) is 25.9 Å². The number of rotatable bonds is 40. The fraction of sp³-hybridized carbons (Fsp3) is 0.930. The average Bonchev–Trinajstić information content (AvgIpc) is 3.10. The average molecular weight is 694 g/mol. The molecule has 0 aromatic heterocycles. The summed E-state index contributed by atoms with van der Waals surface area (Å²) in [6, 6.07) is 0. The number of carbonyl (C=O) groups excluding carboxylic acids is 3. The largest absolute Gasteiger partial charge is 0.466 e. The molecule has 0 spiro atoms. The Morgan fingerprint density at radius 3 is 1.29 bits per heavy atom. The first-order valence-corrected chi connectivity index (χ1v) is 21.6. The lowest BCUT2D eigenvalue weighted by molar-refractivity contribution is -0.150. The summed E-state index contributed by atoms with van der Waals surface area (Å²) < 4.78 is 11.4. The second-order valence-electron chi connectivity index (χ2n) is 14.7. The van der Waals surface area contributed by atoms with E-state index in [4.69, 9.17) is 9.47 Å². The third-order valence-electron chi connectivity index (χ3n) is 9.87. The number of nitrogens with zero attached hydrogens (tertiary/aromatic N) is 1. The first-order valence-electron chi connectivity index (χ1n) is 21.6. The molecule has 0 radical (unpaired) electrons. The second-order valence-corrected chi connectivity index (χ2v) is 14.7. The molecule has 0 aromatic rings. The highest BCUT2D eigenvalue weighted by Crippen LogP contribution is 2.18. The van der Waals surface area contributed by atoms with Gasteiger partial charge in [-0.3, -0.25) is 14.4 Å². The molecule has 0 aliphatic rings. The quantitative estimate of drug-likeness (QED) is 0.0363. The van der Waals surface area contributed by atoms with Gasteiger partial charge in [-0.1, -0.05) is 162 Å². The Balaban J connectivity index is 3.85. The summed E-state index contributed by atoms with van der Waals surface area (Å²) in [7, 11) is 0. The SMILES string of the molecule is CCCCCCCCCOC(=O)CCCCCCCN(C=O)CCCCCCCC(=O)OC(CCCCCCCC)CCCCCCCC. The molecule has 0 aliphatic carbocycles. The number of ether oxygens (including phenoxy) is 2. The smallest absolute Gasteiger partial charge is 0.306 e. The predicted octanol–water partition coefficient (Wildman–Crippen LogP) is 12.8. The van der Waals surface area contributed by atoms with E-state index in [9.17, 15) is 14.4 Å². The molecule has 0 heterocycles. The molecule has 0 aliphatic heterocycles. The first-order chi connectivity index (χ1) is 24.1. The van der Waals surface area contributed by atoms with Gasteiger partial charge >= 0.3 is 11.9 Å². The van der Waals surface area contributed by atoms with Gasteiger partial charge in [0.25, 0.3) is 0 Å². The van der Waals surface area contributed by atoms with Crippen molar-refractivity contribution < 1.29 is 23.9 Å². The number of carbonyl (C=O) groups is 3. The van der Waals surface area contributed by atoms with Crippen molar-refractivity contribution in [3.05, 3.63) is 0 Å². The van der Waals surface area contributed by atoms with Crippen LogP contribution in [0.5, 0.6) is 0 Å². The van der Waals surface area contributed by atoms with Gasteiger partial charge in [0.15, 0.2) is 0 Å². The third-order valence-corrected chi connectivity index (χ3v) is 9.87. The number of amides is 1. The Hall–Kier alpha value is -1.59. The normalized spacial score (nSPS) is 11.3. The van der Waals surface area contributed by atoms with Gasteiger partial charge in [-0.25, -0.2) is 0 Å². The number of hydrogen-bond acceptors (Lipinski definition) is 5. The molecule has 6 heteroatoms. The van der Waals surface area contributed by atoms with E-state index in [1.54, 1.807) is 0 Å². The van der Waals surface area contributed by atoms with Gasteiger partial charge in [0.1, 0.15) is 6.10 Å². The lowest BCUT2D eigenvalue weighted by Crippen LogP contribution is -2.24. The van der Waals surface area contributed by atoms with Crippen molar-refractivity contribution >= 4 is 18.3 Å². The predicted molar refractivity (Wildman–Crippen MR) is 208 cm³/mol. The minimum Gasteiger partial charge on any atom is -0.466 e. The van der Waals surface area contributed by atoms with Crippen LogP contribution in [0.1, 0.15) is 233 Å². The summed E-state index contributed by atoms with van der Waals surface area (Å²) in [5.74, 6) is -0.0582. The van der Waals surface area contributed by atoms with Crippen LogP contribution >= 0.6 is 0 Å². The Labute approximate surface area is 305 Å². The van der Waals surface area contributed by atoms with E-state index in [0.717, 1.165) is 109 Å². The van der Waals surface area contributed by atoms with Crippen LogP contribution in [0.15, 0.2) is 0 Å². The third kappa shape index (κ3) is 36.0. The molecule has 0 saturated heterocycles. The van der Waals surface area contributed by atoms with E-state index in [-0.39, 0.29) is 18.0 Å². The summed E-state index contributed by atoms with van der Waals surface area (Å²) in [6.45, 7) is 8.94. The molecule has 1 amide bonds. The number of esters is 2. The minimum absolute atomic E-state index is 0.00664. The van der Waals surface area contributed by atoms with Gasteiger partial charge in [-0.05, 0) is 57.8 Å². The molecule has 0 bridgehead atoms. The molecule has 6 nitrogen and oxygen atoms in total. The molecule has 0 aromatic carbocycles. The van der Waals surface area contributed by atoms with E-state index in [2.05, 4.69) is 20.8 Å². The highest BCUT2D eigenvalue weighted by molar-refractivity contribution is 5.69. The summed E-state index contributed by atoms with van der Waals surface area (Å²) in [4.78, 5) is 38.0. The summed E-state index contributed by atoms with van der Waals surface area (Å²) >= 11 is 0. The molecule has 290 valence electrons. The summed E-state index contributed by atoms with van der Waals surface area (Å²) in [6.07, 6.45) is 38.4. The maximum Gasteiger partial charge on any atom is 0.306 e. The maximum absolute atomic E-state index is 12.6. The van der Waals surface area contributed by atoms with Gasteiger partial charge < -0.3 is 14.4 Å². The maximum atomic E-state index is 12.6. The van der Waals surface area contributed by atoms with E-state index < -0.39 is 0 Å². The lowest BCUT2D eigenvalue weighted by Gasteiger charge is -2.18. The van der Waals surface area contributed by atoms with Gasteiger partial charge in [0.05, 0.1) is 6.61 Å². The van der Waals surface area contributed by atoms with E-state index in [1.807, 2.05) is 4.90 Å². The molecule has 0 atom stereocenters. The van der Waals surface area contributed by atoms with Crippen molar-refractivity contribution in [2.45, 2.75) is 239 Å². The van der Waals surface area contributed by atoms with E-state index in [1.165, 1.54) is 109 Å². The molecule has 0 saturated carbocycles. The topological polar surface area (TPSA) is 72.9 Å². The van der Waals surface area contributed by atoms with Crippen LogP contribution in [-0.4, -0.2) is 49.0 Å². The molecule has 0 N–H and O–H groups in total. The van der Waals surface area contributed by atoms with Gasteiger partial charge in [0.2, 0.25) is 6.41 Å².